The van der Waals surface area contributed by atoms with Crippen LogP contribution in [0.2, 0.25) is 0 Å². The summed E-state index contributed by atoms with van der Waals surface area (Å²) < 4.78 is 62.4. The van der Waals surface area contributed by atoms with Crippen LogP contribution in [0.25, 0.3) is 16.6 Å². The number of nitrogens with two attached hydrogens (primary N) is 1. The van der Waals surface area contributed by atoms with Gasteiger partial charge < -0.3 is 10.5 Å². The Morgan fingerprint density at radius 3 is 2.32 bits per heavy atom. The van der Waals surface area contributed by atoms with Crippen molar-refractivity contribution in [1.29, 1.82) is 0 Å². The minimum absolute atomic E-state index is 0.0194. The molecule has 2 heterocycles. The molecule has 12 heteroatoms. The van der Waals surface area contributed by atoms with E-state index in [1.54, 1.807) is 18.2 Å². The smallest absolute Gasteiger partial charge is 0.265 e. The second-order valence-corrected chi connectivity index (χ2v) is 11.7. The monoisotopic (exact) mass is 604 g/mol. The molecule has 1 aliphatic heterocycles. The molecule has 0 amide bonds. The van der Waals surface area contributed by atoms with Crippen LogP contribution in [0.4, 0.5) is 8.78 Å². The average Bonchev–Trinajstić information content (AvgIpc) is 2.89. The van der Waals surface area contributed by atoms with Crippen LogP contribution < -0.4 is 11.3 Å². The summed E-state index contributed by atoms with van der Waals surface area (Å²) in [4.78, 5) is 18.4. The van der Waals surface area contributed by atoms with Gasteiger partial charge in [0.1, 0.15) is 17.5 Å². The topological polar surface area (TPSA) is 108 Å². The summed E-state index contributed by atoms with van der Waals surface area (Å²) in [6.45, 7) is 1.17. The largest absolute Gasteiger partial charge is 0.379 e. The quantitative estimate of drug-likeness (QED) is 0.360. The molecule has 0 radical (unpaired) electrons. The molecule has 5 rings (SSSR count). The van der Waals surface area contributed by atoms with E-state index in [9.17, 15) is 22.0 Å². The zero-order valence-corrected chi connectivity index (χ0v) is 22.4. The van der Waals surface area contributed by atoms with E-state index >= 15 is 0 Å². The third-order valence-corrected chi connectivity index (χ3v) is 8.73. The fourth-order valence-electron chi connectivity index (χ4n) is 4.42. The molecule has 0 bridgehead atoms. The summed E-state index contributed by atoms with van der Waals surface area (Å²) in [6.07, 6.45) is -0.0194. The Kier molecular flexibility index (Phi) is 7.43. The molecule has 198 valence electrons. The number of nitrogens with zero attached hydrogens (tertiary/aromatic N) is 3. The first-order valence-corrected chi connectivity index (χ1v) is 14.0. The number of hydrogen-bond acceptors (Lipinski definition) is 6. The van der Waals surface area contributed by atoms with Crippen molar-refractivity contribution in [3.63, 3.8) is 0 Å². The van der Waals surface area contributed by atoms with E-state index in [0.29, 0.717) is 29.8 Å². The average molecular weight is 605 g/mol. The summed E-state index contributed by atoms with van der Waals surface area (Å²) in [7, 11) is -3.73. The number of aromatic nitrogens is 2. The molecular formula is C26H23BrF2N4O4S. The summed E-state index contributed by atoms with van der Waals surface area (Å²) in [5.74, 6) is -1.28. The lowest BCUT2D eigenvalue weighted by Gasteiger charge is -2.26. The Balaban J connectivity index is 1.59. The summed E-state index contributed by atoms with van der Waals surface area (Å²) in [6, 6.07) is 13.1. The first kappa shape index (κ1) is 26.6. The number of halogens is 3. The number of rotatable bonds is 6. The van der Waals surface area contributed by atoms with E-state index in [-0.39, 0.29) is 41.4 Å². The van der Waals surface area contributed by atoms with Crippen LogP contribution in [0.5, 0.6) is 0 Å². The van der Waals surface area contributed by atoms with Gasteiger partial charge in [-0.2, -0.15) is 4.31 Å². The Morgan fingerprint density at radius 2 is 1.66 bits per heavy atom. The lowest BCUT2D eigenvalue weighted by molar-refractivity contribution is 0.0730. The Bertz CT molecular complexity index is 1650. The van der Waals surface area contributed by atoms with E-state index in [1.807, 2.05) is 0 Å². The van der Waals surface area contributed by atoms with Crippen molar-refractivity contribution < 1.29 is 21.9 Å². The fourth-order valence-corrected chi connectivity index (χ4v) is 6.17. The van der Waals surface area contributed by atoms with Gasteiger partial charge in [-0.25, -0.2) is 22.2 Å². The SMILES string of the molecule is N[C@@H](Cc1nc2cc(Br)ccc2c(=O)n1-c1ccc(S(=O)(=O)N2CCOCC2)cc1)c1cc(F)cc(F)c1. The van der Waals surface area contributed by atoms with Crippen molar-refractivity contribution >= 4 is 36.9 Å². The van der Waals surface area contributed by atoms with Gasteiger partial charge in [-0.3, -0.25) is 9.36 Å². The van der Waals surface area contributed by atoms with E-state index in [2.05, 4.69) is 20.9 Å². The molecule has 4 aromatic rings. The maximum absolute atomic E-state index is 13.8. The molecule has 3 aromatic carbocycles. The zero-order chi connectivity index (χ0) is 27.0. The number of morpholine rings is 1. The maximum Gasteiger partial charge on any atom is 0.265 e. The fraction of sp³-hybridized carbons (Fsp3) is 0.231. The summed E-state index contributed by atoms with van der Waals surface area (Å²) >= 11 is 3.38. The first-order chi connectivity index (χ1) is 18.1. The highest BCUT2D eigenvalue weighted by molar-refractivity contribution is 9.10. The standard InChI is InChI=1S/C26H23BrF2N4O4S/c27-17-1-6-22-24(13-17)31-25(15-23(30)16-11-18(28)14-19(29)12-16)33(26(22)34)20-2-4-21(5-3-20)38(35,36)32-7-9-37-10-8-32/h1-6,11-14,23H,7-10,15,30H2/t23-/m0/s1. The molecule has 8 nitrogen and oxygen atoms in total. The number of benzene rings is 3. The van der Waals surface area contributed by atoms with Gasteiger partial charge in [-0.15, -0.1) is 0 Å². The highest BCUT2D eigenvalue weighted by Gasteiger charge is 2.26. The van der Waals surface area contributed by atoms with Gasteiger partial charge in [0.05, 0.1) is 34.7 Å². The van der Waals surface area contributed by atoms with E-state index in [1.165, 1.54) is 33.1 Å². The number of sulfonamides is 1. The molecule has 38 heavy (non-hydrogen) atoms. The third kappa shape index (κ3) is 5.27. The van der Waals surface area contributed by atoms with Gasteiger partial charge >= 0.3 is 0 Å². The number of ether oxygens (including phenoxy) is 1. The summed E-state index contributed by atoms with van der Waals surface area (Å²) in [5, 5.41) is 0.340. The molecule has 1 fully saturated rings. The van der Waals surface area contributed by atoms with Crippen molar-refractivity contribution in [3.8, 4) is 5.69 Å². The molecule has 0 unspecified atom stereocenters. The van der Waals surface area contributed by atoms with E-state index in [4.69, 9.17) is 10.5 Å². The Morgan fingerprint density at radius 1 is 1.00 bits per heavy atom. The first-order valence-electron chi connectivity index (χ1n) is 11.7. The zero-order valence-electron chi connectivity index (χ0n) is 20.0. The minimum Gasteiger partial charge on any atom is -0.379 e. The van der Waals surface area contributed by atoms with Gasteiger partial charge in [0.2, 0.25) is 10.0 Å². The second-order valence-electron chi connectivity index (χ2n) is 8.85. The van der Waals surface area contributed by atoms with Crippen molar-refractivity contribution in [1.82, 2.24) is 13.9 Å². The molecule has 1 aliphatic rings. The maximum atomic E-state index is 13.8. The van der Waals surface area contributed by atoms with E-state index < -0.39 is 27.7 Å². The van der Waals surface area contributed by atoms with Gasteiger partial charge in [-0.05, 0) is 60.2 Å². The van der Waals surface area contributed by atoms with Crippen LogP contribution in [0.15, 0.2) is 74.8 Å². The van der Waals surface area contributed by atoms with E-state index in [0.717, 1.165) is 22.7 Å². The lowest BCUT2D eigenvalue weighted by atomic mass is 10.0. The number of fused-ring (bicyclic) bond motifs is 1. The molecule has 0 aliphatic carbocycles. The van der Waals surface area contributed by atoms with Gasteiger partial charge in [-0.1, -0.05) is 15.9 Å². The molecule has 0 saturated carbocycles. The van der Waals surface area contributed by atoms with Gasteiger partial charge in [0.15, 0.2) is 0 Å². The molecular weight excluding hydrogens is 582 g/mol. The number of hydrogen-bond donors (Lipinski definition) is 1. The van der Waals surface area contributed by atoms with Crippen LogP contribution >= 0.6 is 15.9 Å². The molecule has 1 aromatic heterocycles. The van der Waals surface area contributed by atoms with Crippen LogP contribution in [-0.4, -0.2) is 48.6 Å². The van der Waals surface area contributed by atoms with Crippen molar-refractivity contribution in [2.75, 3.05) is 26.3 Å². The highest BCUT2D eigenvalue weighted by Crippen LogP contribution is 2.24. The second kappa shape index (κ2) is 10.6. The van der Waals surface area contributed by atoms with Crippen LogP contribution in [0.1, 0.15) is 17.4 Å². The highest BCUT2D eigenvalue weighted by atomic mass is 79.9. The Hall–Kier alpha value is -3.03. The normalized spacial score (nSPS) is 15.6. The van der Waals surface area contributed by atoms with Gasteiger partial charge in [0, 0.05) is 36.1 Å². The van der Waals surface area contributed by atoms with Crippen LogP contribution in [-0.2, 0) is 21.2 Å². The van der Waals surface area contributed by atoms with Gasteiger partial charge in [0.25, 0.3) is 5.56 Å². The minimum atomic E-state index is -3.73. The third-order valence-electron chi connectivity index (χ3n) is 6.32. The Labute approximate surface area is 225 Å². The van der Waals surface area contributed by atoms with Crippen molar-refractivity contribution in [2.24, 2.45) is 5.73 Å². The molecule has 0 spiro atoms. The van der Waals surface area contributed by atoms with Crippen molar-refractivity contribution in [3.05, 3.63) is 98.5 Å². The molecule has 1 atom stereocenters. The lowest BCUT2D eigenvalue weighted by Crippen LogP contribution is -2.40. The van der Waals surface area contributed by atoms with Crippen molar-refractivity contribution in [2.45, 2.75) is 17.4 Å². The van der Waals surface area contributed by atoms with Crippen LogP contribution in [0, 0.1) is 11.6 Å². The summed E-state index contributed by atoms with van der Waals surface area (Å²) in [5.41, 5.74) is 6.92. The van der Waals surface area contributed by atoms with Crippen LogP contribution in [0.3, 0.4) is 0 Å². The predicted molar refractivity (Wildman–Crippen MR) is 142 cm³/mol. The molecule has 2 N–H and O–H groups in total. The predicted octanol–water partition coefficient (Wildman–Crippen LogP) is 3.69. The molecule has 1 saturated heterocycles.